The lowest BCUT2D eigenvalue weighted by Crippen LogP contribution is -2.18. The van der Waals surface area contributed by atoms with Crippen molar-refractivity contribution < 1.29 is 19.0 Å². The van der Waals surface area contributed by atoms with Gasteiger partial charge in [-0.15, -0.1) is 0 Å². The normalized spacial score (nSPS) is 10.2. The summed E-state index contributed by atoms with van der Waals surface area (Å²) in [5, 5.41) is 2.99. The number of Topliss-reactive ketones (excluding diaryl/α,β-unsaturated/α-hetero) is 1. The molecule has 5 nitrogen and oxygen atoms in total. The van der Waals surface area contributed by atoms with Crippen molar-refractivity contribution in [1.82, 2.24) is 5.32 Å². The fourth-order valence-electron chi connectivity index (χ4n) is 0.953. The summed E-state index contributed by atoms with van der Waals surface area (Å²) in [7, 11) is 1.88. The lowest BCUT2D eigenvalue weighted by Gasteiger charge is -2.07. The highest BCUT2D eigenvalue weighted by molar-refractivity contribution is 5.81. The number of likely N-dealkylation sites (N-methyl/N-ethyl adjacent to an activating group) is 1. The lowest BCUT2D eigenvalue weighted by molar-refractivity contribution is -0.127. The molecule has 19 heavy (non-hydrogen) atoms. The second kappa shape index (κ2) is 17.5. The summed E-state index contributed by atoms with van der Waals surface area (Å²) in [6, 6.07) is 0. The molecule has 5 heteroatoms. The quantitative estimate of drug-likeness (QED) is 0.548. The second-order valence-corrected chi connectivity index (χ2v) is 4.00. The van der Waals surface area contributed by atoms with E-state index < -0.39 is 0 Å². The SMILES string of the molecule is CC.CNCCOCCOCCOCC(=O)C(C)C. The molecule has 0 heterocycles. The summed E-state index contributed by atoms with van der Waals surface area (Å²) in [6.45, 7) is 11.6. The molecule has 0 bridgehead atoms. The number of hydrogen-bond donors (Lipinski definition) is 1. The van der Waals surface area contributed by atoms with Crippen LogP contribution in [0, 0.1) is 5.92 Å². The van der Waals surface area contributed by atoms with Gasteiger partial charge in [0.15, 0.2) is 5.78 Å². The number of carbonyl (C=O) groups excluding carboxylic acids is 1. The Kier molecular flexibility index (Phi) is 19.2. The molecule has 0 saturated carbocycles. The lowest BCUT2D eigenvalue weighted by atomic mass is 10.1. The molecule has 0 aliphatic rings. The molecular weight excluding hydrogens is 246 g/mol. The Morgan fingerprint density at radius 1 is 0.947 bits per heavy atom. The van der Waals surface area contributed by atoms with Gasteiger partial charge in [-0.1, -0.05) is 27.7 Å². The predicted octanol–water partition coefficient (Wildman–Crippen LogP) is 1.51. The van der Waals surface area contributed by atoms with Crippen molar-refractivity contribution in [1.29, 1.82) is 0 Å². The van der Waals surface area contributed by atoms with Crippen molar-refractivity contribution in [3.63, 3.8) is 0 Å². The Morgan fingerprint density at radius 2 is 1.42 bits per heavy atom. The predicted molar refractivity (Wildman–Crippen MR) is 77.6 cm³/mol. The number of rotatable bonds is 12. The Hall–Kier alpha value is -0.490. The monoisotopic (exact) mass is 277 g/mol. The molecule has 0 fully saturated rings. The van der Waals surface area contributed by atoms with Crippen LogP contribution in [0.2, 0.25) is 0 Å². The zero-order valence-electron chi connectivity index (χ0n) is 13.2. The standard InChI is InChI=1S/C12H25NO4.C2H6/c1-11(2)12(14)10-17-9-8-16-7-6-15-5-4-13-3;1-2/h11,13H,4-10H2,1-3H3;1-2H3. The van der Waals surface area contributed by atoms with Crippen LogP contribution in [0.5, 0.6) is 0 Å². The van der Waals surface area contributed by atoms with Crippen molar-refractivity contribution in [2.45, 2.75) is 27.7 Å². The zero-order chi connectivity index (χ0) is 14.9. The Morgan fingerprint density at radius 3 is 1.89 bits per heavy atom. The smallest absolute Gasteiger partial charge is 0.160 e. The summed E-state index contributed by atoms with van der Waals surface area (Å²) >= 11 is 0. The van der Waals surface area contributed by atoms with Gasteiger partial charge in [-0.3, -0.25) is 4.79 Å². The highest BCUT2D eigenvalue weighted by Gasteiger charge is 2.06. The first-order valence-corrected chi connectivity index (χ1v) is 7.09. The van der Waals surface area contributed by atoms with Gasteiger partial charge in [0.05, 0.1) is 33.0 Å². The van der Waals surface area contributed by atoms with Crippen LogP contribution in [-0.4, -0.2) is 59.0 Å². The van der Waals surface area contributed by atoms with Crippen LogP contribution in [0.4, 0.5) is 0 Å². The van der Waals surface area contributed by atoms with Gasteiger partial charge in [0.1, 0.15) is 6.61 Å². The zero-order valence-corrected chi connectivity index (χ0v) is 13.2. The third-order valence-corrected chi connectivity index (χ3v) is 2.13. The molecule has 0 atom stereocenters. The minimum atomic E-state index is 0.0384. The van der Waals surface area contributed by atoms with E-state index in [1.165, 1.54) is 0 Å². The molecule has 0 aromatic carbocycles. The van der Waals surface area contributed by atoms with Crippen molar-refractivity contribution in [2.24, 2.45) is 5.92 Å². The van der Waals surface area contributed by atoms with Gasteiger partial charge < -0.3 is 19.5 Å². The molecule has 0 aromatic rings. The number of hydrogen-bond acceptors (Lipinski definition) is 5. The van der Waals surface area contributed by atoms with Crippen molar-refractivity contribution in [2.75, 3.05) is 53.2 Å². The first-order valence-electron chi connectivity index (χ1n) is 7.09. The van der Waals surface area contributed by atoms with Crippen LogP contribution in [-0.2, 0) is 19.0 Å². The molecule has 0 aromatic heterocycles. The molecule has 0 unspecified atom stereocenters. The van der Waals surface area contributed by atoms with E-state index in [9.17, 15) is 4.79 Å². The Bertz CT molecular complexity index is 186. The van der Waals surface area contributed by atoms with Crippen molar-refractivity contribution in [3.8, 4) is 0 Å². The largest absolute Gasteiger partial charge is 0.378 e. The van der Waals surface area contributed by atoms with E-state index in [0.29, 0.717) is 33.0 Å². The number of carbonyl (C=O) groups is 1. The van der Waals surface area contributed by atoms with Gasteiger partial charge in [-0.2, -0.15) is 0 Å². The molecule has 116 valence electrons. The molecule has 0 amide bonds. The topological polar surface area (TPSA) is 56.8 Å². The van der Waals surface area contributed by atoms with Gasteiger partial charge in [0.25, 0.3) is 0 Å². The molecule has 0 radical (unpaired) electrons. The summed E-state index contributed by atoms with van der Waals surface area (Å²) in [6.07, 6.45) is 0. The van der Waals surface area contributed by atoms with Crippen LogP contribution >= 0.6 is 0 Å². The van der Waals surface area contributed by atoms with E-state index in [1.807, 2.05) is 34.7 Å². The highest BCUT2D eigenvalue weighted by Crippen LogP contribution is 1.94. The van der Waals surface area contributed by atoms with E-state index in [1.54, 1.807) is 0 Å². The maximum Gasteiger partial charge on any atom is 0.160 e. The first-order chi connectivity index (χ1) is 9.18. The third-order valence-electron chi connectivity index (χ3n) is 2.13. The van der Waals surface area contributed by atoms with Gasteiger partial charge in [0, 0.05) is 12.5 Å². The van der Waals surface area contributed by atoms with Crippen molar-refractivity contribution in [3.05, 3.63) is 0 Å². The van der Waals surface area contributed by atoms with Crippen molar-refractivity contribution >= 4 is 5.78 Å². The van der Waals surface area contributed by atoms with E-state index in [4.69, 9.17) is 14.2 Å². The number of ether oxygens (including phenoxy) is 3. The van der Waals surface area contributed by atoms with Crippen LogP contribution in [0.3, 0.4) is 0 Å². The molecule has 0 aliphatic carbocycles. The second-order valence-electron chi connectivity index (χ2n) is 4.00. The summed E-state index contributed by atoms with van der Waals surface area (Å²) in [5.74, 6) is 0.164. The Balaban J connectivity index is 0. The Labute approximate surface area is 118 Å². The van der Waals surface area contributed by atoms with Crippen LogP contribution < -0.4 is 5.32 Å². The van der Waals surface area contributed by atoms with Crippen LogP contribution in [0.15, 0.2) is 0 Å². The van der Waals surface area contributed by atoms with Crippen LogP contribution in [0.25, 0.3) is 0 Å². The van der Waals surface area contributed by atoms with E-state index >= 15 is 0 Å². The minimum absolute atomic E-state index is 0.0384. The number of ketones is 1. The molecule has 0 rings (SSSR count). The number of nitrogens with one attached hydrogen (secondary N) is 1. The molecule has 0 spiro atoms. The average molecular weight is 277 g/mol. The highest BCUT2D eigenvalue weighted by atomic mass is 16.5. The van der Waals surface area contributed by atoms with Gasteiger partial charge in [0.2, 0.25) is 0 Å². The third kappa shape index (κ3) is 17.5. The van der Waals surface area contributed by atoms with Gasteiger partial charge in [-0.25, -0.2) is 0 Å². The fraction of sp³-hybridized carbons (Fsp3) is 0.929. The molecular formula is C14H31NO4. The average Bonchev–Trinajstić information content (AvgIpc) is 2.42. The van der Waals surface area contributed by atoms with E-state index in [2.05, 4.69) is 5.32 Å². The minimum Gasteiger partial charge on any atom is -0.378 e. The van der Waals surface area contributed by atoms with E-state index in [-0.39, 0.29) is 18.3 Å². The summed E-state index contributed by atoms with van der Waals surface area (Å²) in [5.41, 5.74) is 0. The van der Waals surface area contributed by atoms with E-state index in [0.717, 1.165) is 6.54 Å². The summed E-state index contributed by atoms with van der Waals surface area (Å²) < 4.78 is 15.7. The molecule has 0 aliphatic heterocycles. The molecule has 0 saturated heterocycles. The fourth-order valence-corrected chi connectivity index (χ4v) is 0.953. The summed E-state index contributed by atoms with van der Waals surface area (Å²) in [4.78, 5) is 11.2. The maximum absolute atomic E-state index is 11.2. The first kappa shape index (κ1) is 20.8. The van der Waals surface area contributed by atoms with Gasteiger partial charge >= 0.3 is 0 Å². The van der Waals surface area contributed by atoms with Gasteiger partial charge in [-0.05, 0) is 7.05 Å². The molecule has 1 N–H and O–H groups in total. The maximum atomic E-state index is 11.2. The van der Waals surface area contributed by atoms with Crippen LogP contribution in [0.1, 0.15) is 27.7 Å².